The van der Waals surface area contributed by atoms with Gasteiger partial charge in [0, 0.05) is 55.6 Å². The number of fused-ring (bicyclic) bond motifs is 2. The van der Waals surface area contributed by atoms with Crippen molar-refractivity contribution in [2.45, 2.75) is 31.0 Å². The Morgan fingerprint density at radius 3 is 2.38 bits per heavy atom. The molecule has 1 aromatic heterocycles. The fourth-order valence-electron chi connectivity index (χ4n) is 6.24. The average molecular weight is 710 g/mol. The number of thioether (sulfide) groups is 1. The lowest BCUT2D eigenvalue weighted by Gasteiger charge is -2.49. The molecule has 2 saturated heterocycles. The number of anilines is 1. The Balaban J connectivity index is 1.08. The van der Waals surface area contributed by atoms with Crippen LogP contribution in [0.1, 0.15) is 28.9 Å². The molecule has 15 nitrogen and oxygen atoms in total. The minimum absolute atomic E-state index is 0.0560. The number of carbonyl (C=O) groups is 5. The Kier molecular flexibility index (Phi) is 9.53. The summed E-state index contributed by atoms with van der Waals surface area (Å²) < 4.78 is 22.3. The zero-order chi connectivity index (χ0) is 35.9. The second kappa shape index (κ2) is 13.8. The van der Waals surface area contributed by atoms with Crippen molar-refractivity contribution >= 4 is 58.2 Å². The third-order valence-electron chi connectivity index (χ3n) is 8.88. The number of carboxylic acids is 2. The van der Waals surface area contributed by atoms with E-state index in [1.165, 1.54) is 28.9 Å². The van der Waals surface area contributed by atoms with Gasteiger partial charge >= 0.3 is 18.0 Å². The van der Waals surface area contributed by atoms with Gasteiger partial charge < -0.3 is 39.7 Å². The molecule has 3 atom stereocenters. The van der Waals surface area contributed by atoms with Crippen LogP contribution >= 0.6 is 11.8 Å². The van der Waals surface area contributed by atoms with Crippen molar-refractivity contribution in [3.63, 3.8) is 0 Å². The van der Waals surface area contributed by atoms with E-state index < -0.39 is 70.8 Å². The maximum atomic E-state index is 15.3. The Labute approximate surface area is 287 Å². The number of rotatable bonds is 9. The molecule has 4 N–H and O–H groups in total. The fourth-order valence-corrected chi connectivity index (χ4v) is 7.57. The molecule has 2 fully saturated rings. The number of pyridine rings is 1. The summed E-state index contributed by atoms with van der Waals surface area (Å²) in [6.45, 7) is 2.38. The number of piperazine rings is 1. The molecule has 2 aromatic carbocycles. The van der Waals surface area contributed by atoms with Gasteiger partial charge in [0.05, 0.1) is 11.2 Å². The van der Waals surface area contributed by atoms with Crippen molar-refractivity contribution in [1.82, 2.24) is 19.7 Å². The van der Waals surface area contributed by atoms with Crippen LogP contribution in [-0.2, 0) is 25.7 Å². The number of aliphatic carboxylic acids is 1. The number of aliphatic hydroxyl groups excluding tert-OH is 1. The summed E-state index contributed by atoms with van der Waals surface area (Å²) in [5.74, 6) is -4.89. The molecule has 262 valence electrons. The van der Waals surface area contributed by atoms with Crippen molar-refractivity contribution in [2.75, 3.05) is 43.4 Å². The van der Waals surface area contributed by atoms with Crippen molar-refractivity contribution in [2.24, 2.45) is 0 Å². The molecular weight excluding hydrogens is 677 g/mol. The van der Waals surface area contributed by atoms with E-state index in [0.29, 0.717) is 17.6 Å². The summed E-state index contributed by atoms with van der Waals surface area (Å²) in [5.41, 5.74) is -0.493. The zero-order valence-corrected chi connectivity index (χ0v) is 27.4. The van der Waals surface area contributed by atoms with Crippen molar-refractivity contribution in [3.05, 3.63) is 87.1 Å². The van der Waals surface area contributed by atoms with Gasteiger partial charge in [0.1, 0.15) is 35.1 Å². The Morgan fingerprint density at radius 1 is 1.04 bits per heavy atom. The van der Waals surface area contributed by atoms with E-state index in [1.54, 1.807) is 46.7 Å². The molecule has 6 rings (SSSR count). The topological polar surface area (TPSA) is 199 Å². The predicted molar refractivity (Wildman–Crippen MR) is 177 cm³/mol. The number of halogens is 1. The highest BCUT2D eigenvalue weighted by molar-refractivity contribution is 8.00. The summed E-state index contributed by atoms with van der Waals surface area (Å²) in [6.07, 6.45) is -1.02. The number of β-lactam (4-membered cyclic amide) rings is 1. The van der Waals surface area contributed by atoms with Crippen molar-refractivity contribution in [1.29, 1.82) is 0 Å². The lowest BCUT2D eigenvalue weighted by atomic mass is 10.0. The van der Waals surface area contributed by atoms with Crippen LogP contribution in [0.15, 0.2) is 64.7 Å². The molecule has 0 saturated carbocycles. The van der Waals surface area contributed by atoms with E-state index in [0.717, 1.165) is 11.0 Å². The number of nitrogens with one attached hydrogen (secondary N) is 1. The lowest BCUT2D eigenvalue weighted by Crippen LogP contribution is -2.71. The van der Waals surface area contributed by atoms with Crippen LogP contribution in [0.2, 0.25) is 0 Å². The number of ether oxygens (including phenoxy) is 1. The van der Waals surface area contributed by atoms with Gasteiger partial charge in [-0.2, -0.15) is 0 Å². The molecule has 0 radical (unpaired) electrons. The monoisotopic (exact) mass is 709 g/mol. The Bertz CT molecular complexity index is 2000. The third-order valence-corrected chi connectivity index (χ3v) is 10.2. The van der Waals surface area contributed by atoms with Crippen molar-refractivity contribution < 1.29 is 48.4 Å². The molecule has 0 bridgehead atoms. The van der Waals surface area contributed by atoms with Crippen LogP contribution in [0.5, 0.6) is 0 Å². The molecule has 3 amide bonds. The Hall–Kier alpha value is -5.42. The number of carboxylic acid groups (broad SMARTS) is 2. The molecular formula is C33H32FN5O10S. The van der Waals surface area contributed by atoms with Crippen LogP contribution < -0.4 is 15.6 Å². The summed E-state index contributed by atoms with van der Waals surface area (Å²) >= 11 is 1.19. The molecule has 50 heavy (non-hydrogen) atoms. The minimum Gasteiger partial charge on any atom is -0.477 e. The van der Waals surface area contributed by atoms with Gasteiger partial charge in [0.15, 0.2) is 6.10 Å². The van der Waals surface area contributed by atoms with E-state index in [2.05, 4.69) is 5.32 Å². The third kappa shape index (κ3) is 6.24. The molecule has 3 aromatic rings. The standard InChI is InChI=1S/C33H32FN5O10S/c1-2-36-14-20(31(44)45)27(41)19-12-21(34)23(13-22(19)36)37-8-10-38(11-9-37)33(48)49-15-18-16-50-30-24(29(43)39(30)25(18)32(46)47)35-28(42)26(40)17-6-4-3-5-7-17/h3-7,12-14,24,26,30,40H,2,8-11,15-16H2,1H3,(H,35,42)(H,44,45)(H,46,47)/t24-,26?,30-/m0/s1. The predicted octanol–water partition coefficient (Wildman–Crippen LogP) is 1.59. The first kappa shape index (κ1) is 34.4. The number of hydrogen-bond acceptors (Lipinski definition) is 10. The first-order chi connectivity index (χ1) is 23.9. The highest BCUT2D eigenvalue weighted by atomic mass is 32.2. The van der Waals surface area contributed by atoms with E-state index in [9.17, 15) is 44.1 Å². The molecule has 3 aliphatic heterocycles. The van der Waals surface area contributed by atoms with E-state index in [4.69, 9.17) is 4.74 Å². The second-order valence-corrected chi connectivity index (χ2v) is 12.9. The van der Waals surface area contributed by atoms with E-state index >= 15 is 4.39 Å². The zero-order valence-electron chi connectivity index (χ0n) is 26.6. The fraction of sp³-hybridized carbons (Fsp3) is 0.333. The maximum absolute atomic E-state index is 15.3. The molecule has 0 aliphatic carbocycles. The van der Waals surface area contributed by atoms with E-state index in [1.807, 2.05) is 0 Å². The lowest BCUT2D eigenvalue weighted by molar-refractivity contribution is -0.151. The molecule has 0 spiro atoms. The molecule has 4 heterocycles. The highest BCUT2D eigenvalue weighted by Crippen LogP contribution is 2.40. The second-order valence-electron chi connectivity index (χ2n) is 11.8. The van der Waals surface area contributed by atoms with Crippen LogP contribution in [0.3, 0.4) is 0 Å². The van der Waals surface area contributed by atoms with Crippen LogP contribution in [0.25, 0.3) is 10.9 Å². The number of aromatic nitrogens is 1. The van der Waals surface area contributed by atoms with Gasteiger partial charge in [0.2, 0.25) is 5.43 Å². The number of carbonyl (C=O) groups excluding carboxylic acids is 3. The Morgan fingerprint density at radius 2 is 1.74 bits per heavy atom. The largest absolute Gasteiger partial charge is 0.477 e. The number of aromatic carboxylic acids is 1. The number of hydrogen-bond donors (Lipinski definition) is 4. The smallest absolute Gasteiger partial charge is 0.410 e. The normalized spacial score (nSPS) is 19.5. The van der Waals surface area contributed by atoms with Gasteiger partial charge in [-0.15, -0.1) is 11.8 Å². The molecule has 17 heteroatoms. The van der Waals surface area contributed by atoms with Gasteiger partial charge in [-0.25, -0.2) is 18.8 Å². The number of benzene rings is 2. The average Bonchev–Trinajstić information content (AvgIpc) is 3.12. The summed E-state index contributed by atoms with van der Waals surface area (Å²) in [7, 11) is 0. The SMILES string of the molecule is CCn1cc(C(=O)O)c(=O)c2cc(F)c(N3CCN(C(=O)OCC4=C(C(=O)O)N5C(=O)[C@H](NC(=O)C(O)c6ccccc6)[C@@H]5SC4)CC3)cc21. The quantitative estimate of drug-likeness (QED) is 0.235. The molecule has 3 aliphatic rings. The first-order valence-electron chi connectivity index (χ1n) is 15.6. The summed E-state index contributed by atoms with van der Waals surface area (Å²) in [4.78, 5) is 79.2. The minimum atomic E-state index is -1.52. The number of aryl methyl sites for hydroxylation is 1. The summed E-state index contributed by atoms with van der Waals surface area (Å²) in [5, 5.41) is 31.4. The van der Waals surface area contributed by atoms with Gasteiger partial charge in [-0.05, 0) is 24.6 Å². The number of aliphatic hydroxyl groups is 1. The summed E-state index contributed by atoms with van der Waals surface area (Å²) in [6, 6.07) is 9.61. The van der Waals surface area contributed by atoms with E-state index in [-0.39, 0.29) is 54.3 Å². The highest BCUT2D eigenvalue weighted by Gasteiger charge is 2.54. The van der Waals surface area contributed by atoms with Crippen LogP contribution in [-0.4, -0.2) is 109 Å². The van der Waals surface area contributed by atoms with Crippen molar-refractivity contribution in [3.8, 4) is 0 Å². The first-order valence-corrected chi connectivity index (χ1v) is 16.7. The van der Waals surface area contributed by atoms with Crippen LogP contribution in [0.4, 0.5) is 14.9 Å². The van der Waals surface area contributed by atoms with Gasteiger partial charge in [0.25, 0.3) is 11.8 Å². The maximum Gasteiger partial charge on any atom is 0.410 e. The van der Waals surface area contributed by atoms with Gasteiger partial charge in [-0.3, -0.25) is 19.3 Å². The van der Waals surface area contributed by atoms with Gasteiger partial charge in [-0.1, -0.05) is 30.3 Å². The van der Waals surface area contributed by atoms with Crippen LogP contribution in [0, 0.1) is 5.82 Å². The number of amides is 3. The number of nitrogens with zero attached hydrogens (tertiary/aromatic N) is 4. The molecule has 1 unspecified atom stereocenters.